The predicted molar refractivity (Wildman–Crippen MR) is 117 cm³/mol. The largest absolute Gasteiger partial charge is 0.505 e. The van der Waals surface area contributed by atoms with Gasteiger partial charge < -0.3 is 38.7 Å². The van der Waals surface area contributed by atoms with E-state index >= 15 is 0 Å². The Morgan fingerprint density at radius 3 is 2.54 bits per heavy atom. The molecule has 0 fully saturated rings. The van der Waals surface area contributed by atoms with Gasteiger partial charge in [0.2, 0.25) is 5.88 Å². The summed E-state index contributed by atoms with van der Waals surface area (Å²) in [7, 11) is -9.65. The van der Waals surface area contributed by atoms with Gasteiger partial charge in [-0.2, -0.15) is 0 Å². The maximum absolute atomic E-state index is 13.0. The zero-order chi connectivity index (χ0) is 25.5. The maximum Gasteiger partial charge on any atom is 0.340 e. The fourth-order valence-corrected chi connectivity index (χ4v) is 5.93. The first kappa shape index (κ1) is 25.1. The Balaban J connectivity index is 1.58. The molecule has 2 unspecified atom stereocenters. The predicted octanol–water partition coefficient (Wildman–Crippen LogP) is -0.0195. The highest BCUT2D eigenvalue weighted by Gasteiger charge is 2.40. The van der Waals surface area contributed by atoms with E-state index in [2.05, 4.69) is 9.68 Å². The Hall–Kier alpha value is -3.03. The van der Waals surface area contributed by atoms with Gasteiger partial charge in [-0.05, 0) is 12.1 Å². The lowest BCUT2D eigenvalue weighted by Crippen LogP contribution is -2.39. The Morgan fingerprint density at radius 2 is 1.83 bits per heavy atom. The Bertz CT molecular complexity index is 1520. The summed E-state index contributed by atoms with van der Waals surface area (Å²) in [5.74, 6) is -2.87. The molecule has 3 atom stereocenters. The lowest BCUT2D eigenvalue weighted by Gasteiger charge is -2.18. The molecule has 17 heteroatoms. The number of fused-ring (bicyclic) bond motifs is 1. The summed E-state index contributed by atoms with van der Waals surface area (Å²) < 4.78 is 39.4. The molecular formula is C18H19N3O12P2. The van der Waals surface area contributed by atoms with Gasteiger partial charge in [-0.15, -0.1) is 0 Å². The summed E-state index contributed by atoms with van der Waals surface area (Å²) >= 11 is 0. The van der Waals surface area contributed by atoms with Crippen LogP contribution in [-0.2, 0) is 24.9 Å². The van der Waals surface area contributed by atoms with Crippen LogP contribution in [0.15, 0.2) is 56.4 Å². The van der Waals surface area contributed by atoms with Crippen LogP contribution in [0.4, 0.5) is 0 Å². The molecule has 2 aromatic heterocycles. The van der Waals surface area contributed by atoms with Crippen molar-refractivity contribution in [3.8, 4) is 0 Å². The number of ether oxygens (including phenoxy) is 1. The summed E-state index contributed by atoms with van der Waals surface area (Å²) in [5.41, 5.74) is -0.930. The molecule has 0 spiro atoms. The number of nitrogens with zero attached hydrogens (tertiary/aromatic N) is 3. The zero-order valence-corrected chi connectivity index (χ0v) is 19.4. The Labute approximate surface area is 194 Å². The summed E-state index contributed by atoms with van der Waals surface area (Å²) in [6.45, 7) is -1.14. The molecule has 0 aliphatic carbocycles. The molecule has 1 aromatic carbocycles. The number of benzene rings is 1. The van der Waals surface area contributed by atoms with Gasteiger partial charge in [-0.3, -0.25) is 18.5 Å². The minimum atomic E-state index is -4.88. The molecule has 0 bridgehead atoms. The quantitative estimate of drug-likeness (QED) is 0.241. The van der Waals surface area contributed by atoms with Crippen LogP contribution in [0, 0.1) is 0 Å². The number of hydrogen-bond donors (Lipinski definition) is 5. The van der Waals surface area contributed by atoms with Crippen molar-refractivity contribution in [3.05, 3.63) is 68.8 Å². The van der Waals surface area contributed by atoms with E-state index in [-0.39, 0.29) is 12.2 Å². The van der Waals surface area contributed by atoms with E-state index in [9.17, 15) is 33.8 Å². The molecule has 0 radical (unpaired) electrons. The minimum Gasteiger partial charge on any atom is -0.505 e. The molecule has 1 aliphatic rings. The smallest absolute Gasteiger partial charge is 0.340 e. The molecule has 0 saturated carbocycles. The van der Waals surface area contributed by atoms with E-state index in [4.69, 9.17) is 19.0 Å². The van der Waals surface area contributed by atoms with Crippen LogP contribution in [0.25, 0.3) is 16.9 Å². The fourth-order valence-electron chi connectivity index (χ4n) is 3.36. The first-order chi connectivity index (χ1) is 16.4. The van der Waals surface area contributed by atoms with Crippen LogP contribution in [0.5, 0.6) is 0 Å². The van der Waals surface area contributed by atoms with Crippen molar-refractivity contribution in [2.24, 2.45) is 0 Å². The van der Waals surface area contributed by atoms with Crippen LogP contribution >= 0.6 is 15.2 Å². The molecule has 5 N–H and O–H groups in total. The first-order valence-electron chi connectivity index (χ1n) is 9.81. The average Bonchev–Trinajstić information content (AvgIpc) is 3.30. The number of hydrogen-bond acceptors (Lipinski definition) is 10. The number of aliphatic hydroxyl groups excluding tert-OH is 2. The molecule has 35 heavy (non-hydrogen) atoms. The molecular weight excluding hydrogens is 512 g/mol. The molecule has 0 saturated heterocycles. The second-order valence-corrected chi connectivity index (χ2v) is 11.5. The molecule has 188 valence electrons. The van der Waals surface area contributed by atoms with Gasteiger partial charge in [-0.1, -0.05) is 17.3 Å². The zero-order valence-electron chi connectivity index (χ0n) is 17.6. The molecule has 3 aromatic rings. The van der Waals surface area contributed by atoms with Crippen molar-refractivity contribution >= 4 is 32.0 Å². The lowest BCUT2D eigenvalue weighted by atomic mass is 10.2. The number of rotatable bonds is 8. The van der Waals surface area contributed by atoms with E-state index in [1.54, 1.807) is 24.3 Å². The van der Waals surface area contributed by atoms with Crippen molar-refractivity contribution in [2.75, 3.05) is 12.5 Å². The monoisotopic (exact) mass is 531 g/mol. The van der Waals surface area contributed by atoms with E-state index in [0.29, 0.717) is 11.0 Å². The van der Waals surface area contributed by atoms with Crippen molar-refractivity contribution in [2.45, 2.75) is 18.8 Å². The number of para-hydroxylation sites is 1. The van der Waals surface area contributed by atoms with Crippen molar-refractivity contribution in [1.29, 1.82) is 0 Å². The molecule has 3 heterocycles. The normalized spacial score (nSPS) is 20.2. The van der Waals surface area contributed by atoms with Gasteiger partial charge in [0.05, 0.1) is 13.2 Å². The standard InChI is InChI=1S/C18H19N3O12P2/c22-14-5-6-20(18(25)21(14)7-11-10-3-1-2-4-12(10)33-19-11)17-16(24)15(23)13(32-17)8-31-35(29,30)9-34(26,27)28/h1-6,13,15,23-24H,7-9H2,(H,29,30)(H2,26,27,28)/t13-,15?/m1/s1. The third-order valence-corrected chi connectivity index (χ3v) is 8.42. The van der Waals surface area contributed by atoms with Gasteiger partial charge in [-0.25, -0.2) is 9.36 Å². The second kappa shape index (κ2) is 9.21. The van der Waals surface area contributed by atoms with Crippen molar-refractivity contribution in [3.63, 3.8) is 0 Å². The maximum atomic E-state index is 13.0. The van der Waals surface area contributed by atoms with E-state index in [0.717, 1.165) is 21.4 Å². The van der Waals surface area contributed by atoms with Gasteiger partial charge in [0, 0.05) is 17.6 Å². The van der Waals surface area contributed by atoms with E-state index < -0.39 is 62.8 Å². The van der Waals surface area contributed by atoms with Crippen molar-refractivity contribution in [1.82, 2.24) is 14.3 Å². The van der Waals surface area contributed by atoms with Crippen LogP contribution in [0.1, 0.15) is 5.69 Å². The van der Waals surface area contributed by atoms with Gasteiger partial charge in [0.15, 0.2) is 29.5 Å². The van der Waals surface area contributed by atoms with E-state index in [1.165, 1.54) is 0 Å². The number of aliphatic hydroxyl groups is 2. The minimum absolute atomic E-state index is 0.283. The summed E-state index contributed by atoms with van der Waals surface area (Å²) in [6.07, 6.45) is -2.32. The summed E-state index contributed by atoms with van der Waals surface area (Å²) in [5, 5.41) is 25.0. The summed E-state index contributed by atoms with van der Waals surface area (Å²) in [4.78, 5) is 52.7. The SMILES string of the molecule is O=c1ccn(C2=C(O)C(O)[C@@H](COP(=O)(O)CP(=O)(O)O)O2)c(=O)n1Cc1noc2ccccc12. The third kappa shape index (κ3) is 5.31. The topological polar surface area (TPSA) is 224 Å². The van der Waals surface area contributed by atoms with Gasteiger partial charge in [0.25, 0.3) is 5.56 Å². The van der Waals surface area contributed by atoms with Crippen LogP contribution in [0.2, 0.25) is 0 Å². The fraction of sp³-hybridized carbons (Fsp3) is 0.278. The van der Waals surface area contributed by atoms with Gasteiger partial charge >= 0.3 is 20.9 Å². The highest BCUT2D eigenvalue weighted by molar-refractivity contribution is 7.70. The average molecular weight is 531 g/mol. The van der Waals surface area contributed by atoms with Gasteiger partial charge in [0.1, 0.15) is 5.69 Å². The van der Waals surface area contributed by atoms with Crippen LogP contribution < -0.4 is 11.2 Å². The lowest BCUT2D eigenvalue weighted by molar-refractivity contribution is 0.0180. The second-order valence-electron chi connectivity index (χ2n) is 7.55. The molecule has 0 amide bonds. The molecule has 1 aliphatic heterocycles. The van der Waals surface area contributed by atoms with E-state index in [1.807, 2.05) is 0 Å². The third-order valence-electron chi connectivity index (χ3n) is 4.97. The highest BCUT2D eigenvalue weighted by Crippen LogP contribution is 2.55. The molecule has 15 nitrogen and oxygen atoms in total. The summed E-state index contributed by atoms with van der Waals surface area (Å²) in [6, 6.07) is 7.79. The first-order valence-corrected chi connectivity index (χ1v) is 13.4. The molecule has 4 rings (SSSR count). The Morgan fingerprint density at radius 1 is 1.11 bits per heavy atom. The highest BCUT2D eigenvalue weighted by atomic mass is 31.2. The Kier molecular flexibility index (Phi) is 6.60. The van der Waals surface area contributed by atoms with Crippen LogP contribution in [0.3, 0.4) is 0 Å². The number of aromatic nitrogens is 3. The van der Waals surface area contributed by atoms with Crippen LogP contribution in [-0.4, -0.2) is 63.9 Å². The van der Waals surface area contributed by atoms with Crippen molar-refractivity contribution < 1.29 is 47.8 Å².